The van der Waals surface area contributed by atoms with E-state index in [9.17, 15) is 9.00 Å². The molecule has 1 unspecified atom stereocenters. The van der Waals surface area contributed by atoms with Crippen molar-refractivity contribution in [3.63, 3.8) is 0 Å². The van der Waals surface area contributed by atoms with Crippen molar-refractivity contribution in [1.29, 1.82) is 5.26 Å². The highest BCUT2D eigenvalue weighted by molar-refractivity contribution is 7.79. The number of rotatable bonds is 1. The zero-order chi connectivity index (χ0) is 10.0. The lowest BCUT2D eigenvalue weighted by Gasteiger charge is -1.99. The molecule has 1 N–H and O–H groups in total. The minimum atomic E-state index is -2.17. The van der Waals surface area contributed by atoms with Gasteiger partial charge in [0.1, 0.15) is 11.6 Å². The summed E-state index contributed by atoms with van der Waals surface area (Å²) < 4.78 is 20.4. The number of hydrogen-bond donors (Lipinski definition) is 1. The third-order valence-electron chi connectivity index (χ3n) is 1.48. The van der Waals surface area contributed by atoms with Gasteiger partial charge in [0.15, 0.2) is 11.1 Å². The van der Waals surface area contributed by atoms with Gasteiger partial charge in [0.25, 0.3) is 5.56 Å². The number of hydrogen-bond acceptors (Lipinski definition) is 3. The Morgan fingerprint density at radius 1 is 1.69 bits per heavy atom. The van der Waals surface area contributed by atoms with Crippen LogP contribution in [0.3, 0.4) is 0 Å². The maximum atomic E-state index is 11.1. The molecule has 68 valence electrons. The number of pyridine rings is 1. The van der Waals surface area contributed by atoms with Crippen LogP contribution >= 0.6 is 0 Å². The molecular weight excluding hydrogens is 192 g/mol. The largest absolute Gasteiger partial charge is 0.316 e. The normalized spacial score (nSPS) is 12.1. The van der Waals surface area contributed by atoms with Crippen molar-refractivity contribution in [3.8, 4) is 6.07 Å². The van der Waals surface area contributed by atoms with E-state index in [0.29, 0.717) is 0 Å². The fourth-order valence-electron chi connectivity index (χ4n) is 0.856. The number of nitrogens with zero attached hydrogens (tertiary/aromatic N) is 2. The zero-order valence-electron chi connectivity index (χ0n) is 6.72. The second-order valence-corrected chi connectivity index (χ2v) is 3.34. The summed E-state index contributed by atoms with van der Waals surface area (Å²) >= 11 is -2.17. The third kappa shape index (κ3) is 1.83. The molecule has 0 aliphatic heterocycles. The zero-order valence-corrected chi connectivity index (χ0v) is 7.54. The van der Waals surface area contributed by atoms with E-state index >= 15 is 0 Å². The Morgan fingerprint density at radius 3 is 2.77 bits per heavy atom. The Labute approximate surface area is 76.5 Å². The highest BCUT2D eigenvalue weighted by atomic mass is 32.2. The van der Waals surface area contributed by atoms with Gasteiger partial charge in [-0.3, -0.25) is 4.79 Å². The number of aryl methyl sites for hydroxylation is 1. The fraction of sp³-hybridized carbons (Fsp3) is 0.143. The van der Waals surface area contributed by atoms with Gasteiger partial charge in [-0.05, 0) is 6.07 Å². The monoisotopic (exact) mass is 198 g/mol. The molecule has 0 bridgehead atoms. The van der Waals surface area contributed by atoms with Crippen LogP contribution in [0.4, 0.5) is 0 Å². The predicted molar refractivity (Wildman–Crippen MR) is 45.4 cm³/mol. The average molecular weight is 198 g/mol. The first-order valence-corrected chi connectivity index (χ1v) is 4.38. The smallest absolute Gasteiger partial charge is 0.268 e. The Bertz CT molecular complexity index is 458. The molecule has 0 amide bonds. The molecule has 0 fully saturated rings. The summed E-state index contributed by atoms with van der Waals surface area (Å²) in [6, 6.07) is 2.76. The summed E-state index contributed by atoms with van der Waals surface area (Å²) in [7, 11) is 1.42. The van der Waals surface area contributed by atoms with Crippen LogP contribution in [0.5, 0.6) is 0 Å². The van der Waals surface area contributed by atoms with E-state index in [1.165, 1.54) is 13.2 Å². The first-order valence-electron chi connectivity index (χ1n) is 3.28. The van der Waals surface area contributed by atoms with Gasteiger partial charge in [0.05, 0.1) is 4.90 Å². The van der Waals surface area contributed by atoms with Crippen molar-refractivity contribution in [3.05, 3.63) is 28.2 Å². The first kappa shape index (κ1) is 9.64. The van der Waals surface area contributed by atoms with Crippen molar-refractivity contribution in [1.82, 2.24) is 4.57 Å². The van der Waals surface area contributed by atoms with E-state index in [1.54, 1.807) is 6.07 Å². The van der Waals surface area contributed by atoms with E-state index in [4.69, 9.17) is 9.81 Å². The highest BCUT2D eigenvalue weighted by Crippen LogP contribution is 2.02. The lowest BCUT2D eigenvalue weighted by Crippen LogP contribution is -2.19. The van der Waals surface area contributed by atoms with Crippen LogP contribution in [-0.4, -0.2) is 13.3 Å². The van der Waals surface area contributed by atoms with Crippen molar-refractivity contribution in [2.75, 3.05) is 0 Å². The van der Waals surface area contributed by atoms with Gasteiger partial charge in [-0.1, -0.05) is 0 Å². The lowest BCUT2D eigenvalue weighted by atomic mass is 10.3. The Morgan fingerprint density at radius 2 is 2.31 bits per heavy atom. The van der Waals surface area contributed by atoms with Crippen LogP contribution < -0.4 is 5.56 Å². The van der Waals surface area contributed by atoms with Crippen molar-refractivity contribution in [2.24, 2.45) is 7.05 Å². The third-order valence-corrected chi connectivity index (χ3v) is 2.11. The van der Waals surface area contributed by atoms with Crippen molar-refractivity contribution >= 4 is 11.1 Å². The minimum absolute atomic E-state index is 0.0404. The molecule has 0 aliphatic rings. The van der Waals surface area contributed by atoms with Crippen molar-refractivity contribution in [2.45, 2.75) is 4.90 Å². The van der Waals surface area contributed by atoms with Crippen LogP contribution in [0.1, 0.15) is 5.56 Å². The van der Waals surface area contributed by atoms with Gasteiger partial charge in [-0.15, -0.1) is 0 Å². The maximum absolute atomic E-state index is 11.1. The molecule has 1 rings (SSSR count). The summed E-state index contributed by atoms with van der Waals surface area (Å²) in [5.74, 6) is 0. The molecular formula is C7H6N2O3S. The van der Waals surface area contributed by atoms with Crippen LogP contribution in [0.15, 0.2) is 22.0 Å². The van der Waals surface area contributed by atoms with E-state index in [-0.39, 0.29) is 10.5 Å². The Hall–Kier alpha value is -1.45. The second kappa shape index (κ2) is 3.51. The van der Waals surface area contributed by atoms with Crippen molar-refractivity contribution < 1.29 is 8.76 Å². The molecule has 1 heterocycles. The molecule has 1 aromatic rings. The molecule has 1 atom stereocenters. The van der Waals surface area contributed by atoms with Gasteiger partial charge in [-0.2, -0.15) is 5.26 Å². The molecule has 0 radical (unpaired) electrons. The molecule has 6 heteroatoms. The van der Waals surface area contributed by atoms with Gasteiger partial charge in [0.2, 0.25) is 0 Å². The molecule has 0 saturated carbocycles. The summed E-state index contributed by atoms with van der Waals surface area (Å²) in [6.45, 7) is 0. The lowest BCUT2D eigenvalue weighted by molar-refractivity contribution is 0.562. The van der Waals surface area contributed by atoms with E-state index in [0.717, 1.165) is 10.6 Å². The molecule has 0 aromatic carbocycles. The SMILES string of the molecule is Cn1cc(S(=O)O)cc(C#N)c1=O. The van der Waals surface area contributed by atoms with Crippen LogP contribution in [0, 0.1) is 11.3 Å². The summed E-state index contributed by atoms with van der Waals surface area (Å²) in [6.07, 6.45) is 1.22. The molecule has 13 heavy (non-hydrogen) atoms. The van der Waals surface area contributed by atoms with Crippen LogP contribution in [-0.2, 0) is 18.1 Å². The fourth-order valence-corrected chi connectivity index (χ4v) is 1.32. The van der Waals surface area contributed by atoms with Crippen LogP contribution in [0.25, 0.3) is 0 Å². The van der Waals surface area contributed by atoms with E-state index in [2.05, 4.69) is 0 Å². The molecule has 5 nitrogen and oxygen atoms in total. The van der Waals surface area contributed by atoms with E-state index < -0.39 is 16.6 Å². The predicted octanol–water partition coefficient (Wildman–Crippen LogP) is -0.162. The molecule has 0 saturated heterocycles. The van der Waals surface area contributed by atoms with Gasteiger partial charge < -0.3 is 9.12 Å². The first-order chi connectivity index (χ1) is 6.06. The van der Waals surface area contributed by atoms with Gasteiger partial charge in [-0.25, -0.2) is 4.21 Å². The topological polar surface area (TPSA) is 83.1 Å². The molecule has 0 aliphatic carbocycles. The van der Waals surface area contributed by atoms with Gasteiger partial charge in [0, 0.05) is 13.2 Å². The standard InChI is InChI=1S/C7H6N2O3S/c1-9-4-6(13(11)12)2-5(3-8)7(9)10/h2,4H,1H3,(H,11,12). The Balaban J connectivity index is 3.50. The highest BCUT2D eigenvalue weighted by Gasteiger charge is 2.06. The minimum Gasteiger partial charge on any atom is -0.316 e. The molecule has 1 aromatic heterocycles. The summed E-state index contributed by atoms with van der Waals surface area (Å²) in [5, 5.41) is 8.51. The quantitative estimate of drug-likeness (QED) is 0.635. The number of aromatic nitrogens is 1. The summed E-state index contributed by atoms with van der Waals surface area (Å²) in [5.41, 5.74) is -0.612. The van der Waals surface area contributed by atoms with E-state index in [1.807, 2.05) is 0 Å². The summed E-state index contributed by atoms with van der Waals surface area (Å²) in [4.78, 5) is 11.2. The second-order valence-electron chi connectivity index (χ2n) is 2.37. The average Bonchev–Trinajstić information content (AvgIpc) is 2.09. The molecule has 0 spiro atoms. The van der Waals surface area contributed by atoms with Gasteiger partial charge >= 0.3 is 0 Å². The number of nitriles is 1. The van der Waals surface area contributed by atoms with Crippen LogP contribution in [0.2, 0.25) is 0 Å². The maximum Gasteiger partial charge on any atom is 0.268 e. The Kier molecular flexibility index (Phi) is 2.60.